The highest BCUT2D eigenvalue weighted by molar-refractivity contribution is 8.00. The van der Waals surface area contributed by atoms with Crippen LogP contribution in [0.15, 0.2) is 121 Å². The summed E-state index contributed by atoms with van der Waals surface area (Å²) in [5.74, 6) is -1.40. The van der Waals surface area contributed by atoms with E-state index >= 15 is 0 Å². The second-order valence-corrected chi connectivity index (χ2v) is 12.6. The first-order valence-corrected chi connectivity index (χ1v) is 15.3. The summed E-state index contributed by atoms with van der Waals surface area (Å²) in [6.45, 7) is 0. The largest absolute Gasteiger partial charge is 0.386 e. The van der Waals surface area contributed by atoms with Crippen LogP contribution in [0.4, 0.5) is 0 Å². The zero-order valence-electron chi connectivity index (χ0n) is 19.6. The minimum atomic E-state index is -0.713. The summed E-state index contributed by atoms with van der Waals surface area (Å²) in [6, 6.07) is 28.4. The summed E-state index contributed by atoms with van der Waals surface area (Å²) in [5.41, 5.74) is 0.630. The lowest BCUT2D eigenvalue weighted by atomic mass is 10.2. The van der Waals surface area contributed by atoms with Crippen LogP contribution in [0, 0.1) is 0 Å². The van der Waals surface area contributed by atoms with Gasteiger partial charge < -0.3 is 4.74 Å². The molecule has 0 fully saturated rings. The monoisotopic (exact) mass is 588 g/mol. The van der Waals surface area contributed by atoms with Crippen LogP contribution >= 0.6 is 57.8 Å². The topological polar surface area (TPSA) is 43.4 Å². The van der Waals surface area contributed by atoms with Crippen molar-refractivity contribution in [2.45, 2.75) is 19.6 Å². The number of hydrogen-bond donors (Lipinski definition) is 0. The van der Waals surface area contributed by atoms with Crippen LogP contribution in [-0.4, -0.2) is 11.9 Å². The molecule has 38 heavy (non-hydrogen) atoms. The van der Waals surface area contributed by atoms with Gasteiger partial charge in [0.25, 0.3) is 0 Å². The molecule has 4 aromatic carbocycles. The third-order valence-electron chi connectivity index (χ3n) is 5.79. The second kappa shape index (κ2) is 11.0. The number of ether oxygens (including phenoxy) is 1. The molecule has 6 aromatic rings. The van der Waals surface area contributed by atoms with Crippen LogP contribution in [0.2, 0.25) is 5.02 Å². The van der Waals surface area contributed by atoms with Crippen LogP contribution < -0.4 is 0 Å². The Kier molecular flexibility index (Phi) is 7.28. The average molecular weight is 589 g/mol. The molecular formula is C30H17ClO3S4. The molecule has 8 heteroatoms. The van der Waals surface area contributed by atoms with Crippen LogP contribution in [0.1, 0.15) is 20.7 Å². The van der Waals surface area contributed by atoms with Gasteiger partial charge in [0.05, 0.1) is 11.1 Å². The van der Waals surface area contributed by atoms with Gasteiger partial charge in [0, 0.05) is 55.5 Å². The molecule has 0 bridgehead atoms. The van der Waals surface area contributed by atoms with E-state index in [1.807, 2.05) is 42.5 Å². The Morgan fingerprint density at radius 3 is 1.79 bits per heavy atom. The van der Waals surface area contributed by atoms with E-state index in [1.54, 1.807) is 53.0 Å². The lowest BCUT2D eigenvalue weighted by Crippen LogP contribution is -2.14. The van der Waals surface area contributed by atoms with E-state index in [0.29, 0.717) is 15.5 Å². The molecule has 0 radical (unpaired) electrons. The lowest BCUT2D eigenvalue weighted by Gasteiger charge is -2.11. The summed E-state index contributed by atoms with van der Waals surface area (Å²) in [4.78, 5) is 29.9. The van der Waals surface area contributed by atoms with Gasteiger partial charge in [0.15, 0.2) is 0 Å². The van der Waals surface area contributed by atoms with E-state index in [1.165, 1.54) is 28.2 Å². The number of carbonyl (C=O) groups excluding carboxylic acids is 2. The highest BCUT2D eigenvalue weighted by Gasteiger charge is 2.22. The molecule has 6 rings (SSSR count). The van der Waals surface area contributed by atoms with Crippen LogP contribution in [0.5, 0.6) is 0 Å². The van der Waals surface area contributed by atoms with E-state index in [-0.39, 0.29) is 5.56 Å². The van der Waals surface area contributed by atoms with Gasteiger partial charge in [0.1, 0.15) is 0 Å². The van der Waals surface area contributed by atoms with Gasteiger partial charge in [-0.15, -0.1) is 22.7 Å². The lowest BCUT2D eigenvalue weighted by molar-refractivity contribution is 0.0393. The van der Waals surface area contributed by atoms with Gasteiger partial charge >= 0.3 is 11.9 Å². The van der Waals surface area contributed by atoms with Crippen molar-refractivity contribution in [1.82, 2.24) is 0 Å². The molecule has 0 aliphatic heterocycles. The van der Waals surface area contributed by atoms with Crippen LogP contribution in [-0.2, 0) is 4.74 Å². The highest BCUT2D eigenvalue weighted by atomic mass is 35.5. The van der Waals surface area contributed by atoms with Gasteiger partial charge in [-0.1, -0.05) is 83.7 Å². The molecule has 0 N–H and O–H groups in total. The predicted molar refractivity (Wildman–Crippen MR) is 160 cm³/mol. The van der Waals surface area contributed by atoms with Crippen molar-refractivity contribution in [3.8, 4) is 0 Å². The first kappa shape index (κ1) is 25.2. The van der Waals surface area contributed by atoms with Crippen molar-refractivity contribution < 1.29 is 14.3 Å². The Hall–Kier alpha value is -3.07. The summed E-state index contributed by atoms with van der Waals surface area (Å²) in [7, 11) is 0. The summed E-state index contributed by atoms with van der Waals surface area (Å²) in [6.07, 6.45) is 0. The van der Waals surface area contributed by atoms with E-state index < -0.39 is 11.9 Å². The van der Waals surface area contributed by atoms with Gasteiger partial charge in [-0.2, -0.15) is 0 Å². The molecule has 0 amide bonds. The molecule has 0 aliphatic carbocycles. The van der Waals surface area contributed by atoms with Crippen LogP contribution in [0.25, 0.3) is 20.2 Å². The number of rotatable bonds is 6. The third kappa shape index (κ3) is 5.13. The Bertz CT molecular complexity index is 1820. The smallest absolute Gasteiger partial charge is 0.347 e. The first-order chi connectivity index (χ1) is 18.6. The van der Waals surface area contributed by atoms with E-state index in [2.05, 4.69) is 29.0 Å². The van der Waals surface area contributed by atoms with Crippen molar-refractivity contribution >= 4 is 89.9 Å². The molecule has 2 heterocycles. The van der Waals surface area contributed by atoms with Crippen molar-refractivity contribution in [3.63, 3.8) is 0 Å². The Morgan fingerprint density at radius 2 is 1.13 bits per heavy atom. The second-order valence-electron chi connectivity index (χ2n) is 8.21. The van der Waals surface area contributed by atoms with E-state index in [9.17, 15) is 9.59 Å². The third-order valence-corrected chi connectivity index (χ3v) is 10.5. The van der Waals surface area contributed by atoms with Crippen molar-refractivity contribution in [1.29, 1.82) is 0 Å². The molecular weight excluding hydrogens is 572 g/mol. The molecule has 0 unspecified atom stereocenters. The number of fused-ring (bicyclic) bond motifs is 2. The number of hydrogen-bond acceptors (Lipinski definition) is 7. The molecule has 0 saturated heterocycles. The van der Waals surface area contributed by atoms with Crippen molar-refractivity contribution in [3.05, 3.63) is 118 Å². The summed E-state index contributed by atoms with van der Waals surface area (Å²) >= 11 is 12.5. The van der Waals surface area contributed by atoms with E-state index in [4.69, 9.17) is 16.3 Å². The van der Waals surface area contributed by atoms with Crippen LogP contribution in [0.3, 0.4) is 0 Å². The summed E-state index contributed by atoms with van der Waals surface area (Å²) in [5, 5.41) is 6.86. The predicted octanol–water partition coefficient (Wildman–Crippen LogP) is 10.1. The number of carbonyl (C=O) groups is 2. The number of esters is 2. The van der Waals surface area contributed by atoms with Crippen molar-refractivity contribution in [2.24, 2.45) is 0 Å². The standard InChI is InChI=1S/C30H17ClO3S4/c31-18-13-14-22(26(15-18)38-28-17-36-24-11-5-2-8-20(24)28)30(33)34-29(32)21-9-3-6-12-25(21)37-27-16-35-23-10-4-1-7-19(23)27/h1-17H. The molecule has 0 aliphatic rings. The molecule has 0 spiro atoms. The molecule has 186 valence electrons. The maximum absolute atomic E-state index is 13.3. The van der Waals surface area contributed by atoms with Gasteiger partial charge in [-0.05, 0) is 42.5 Å². The Balaban J connectivity index is 1.26. The average Bonchev–Trinajstić information content (AvgIpc) is 3.53. The zero-order valence-corrected chi connectivity index (χ0v) is 23.6. The van der Waals surface area contributed by atoms with Gasteiger partial charge in [-0.3, -0.25) is 0 Å². The SMILES string of the molecule is O=C(OC(=O)c1ccc(Cl)cc1Sc1csc2ccccc12)c1ccccc1Sc1csc2ccccc12. The highest BCUT2D eigenvalue weighted by Crippen LogP contribution is 2.41. The Morgan fingerprint density at radius 1 is 0.605 bits per heavy atom. The fourth-order valence-electron chi connectivity index (χ4n) is 3.97. The van der Waals surface area contributed by atoms with Gasteiger partial charge in [-0.25, -0.2) is 9.59 Å². The number of thiophene rings is 2. The molecule has 3 nitrogen and oxygen atoms in total. The number of benzene rings is 4. The fourth-order valence-corrected chi connectivity index (χ4v) is 8.56. The molecule has 0 atom stereocenters. The zero-order chi connectivity index (χ0) is 26.1. The number of halogens is 1. The molecule has 0 saturated carbocycles. The molecule has 2 aromatic heterocycles. The first-order valence-electron chi connectivity index (χ1n) is 11.5. The fraction of sp³-hybridized carbons (Fsp3) is 0. The van der Waals surface area contributed by atoms with Gasteiger partial charge in [0.2, 0.25) is 0 Å². The van der Waals surface area contributed by atoms with Crippen molar-refractivity contribution in [2.75, 3.05) is 0 Å². The Labute approximate surface area is 240 Å². The normalized spacial score (nSPS) is 11.2. The maximum Gasteiger partial charge on any atom is 0.347 e. The minimum absolute atomic E-state index is 0.289. The van der Waals surface area contributed by atoms with E-state index in [0.717, 1.165) is 30.2 Å². The summed E-state index contributed by atoms with van der Waals surface area (Å²) < 4.78 is 7.75. The minimum Gasteiger partial charge on any atom is -0.386 e. The quantitative estimate of drug-likeness (QED) is 0.143. The maximum atomic E-state index is 13.3.